The maximum Gasteiger partial charge on any atom is 0.337 e. The van der Waals surface area contributed by atoms with Crippen LogP contribution in [0.4, 0.5) is 6.01 Å². The molecule has 1 N–H and O–H groups in total. The van der Waals surface area contributed by atoms with Crippen molar-refractivity contribution in [3.05, 3.63) is 29.2 Å². The molecule has 1 aliphatic rings. The molecular formula is C21H30N4O4. The van der Waals surface area contributed by atoms with Gasteiger partial charge in [0.05, 0.1) is 17.9 Å². The number of rotatable bonds is 8. The first-order chi connectivity index (χ1) is 13.8. The third-order valence-electron chi connectivity index (χ3n) is 5.68. The number of aromatic carboxylic acids is 1. The molecule has 0 amide bonds. The summed E-state index contributed by atoms with van der Waals surface area (Å²) in [5, 5.41) is 13.1. The van der Waals surface area contributed by atoms with E-state index in [2.05, 4.69) is 40.8 Å². The number of hydrogen-bond donors (Lipinski definition) is 1. The number of nitrogens with zero attached hydrogens (tertiary/aromatic N) is 4. The SMILES string of the molecule is Cc1nc(OCC[C@@H](C)C2CCN(c3nc(C(C)C)no3)CC2)ccc1C(=O)O. The Labute approximate surface area is 171 Å². The molecule has 0 spiro atoms. The number of hydrogen-bond acceptors (Lipinski definition) is 7. The molecule has 0 aliphatic carbocycles. The summed E-state index contributed by atoms with van der Waals surface area (Å²) in [6.45, 7) is 10.5. The number of carboxylic acid groups (broad SMARTS) is 1. The van der Waals surface area contributed by atoms with Gasteiger partial charge in [0.15, 0.2) is 5.82 Å². The van der Waals surface area contributed by atoms with Gasteiger partial charge in [0.1, 0.15) is 0 Å². The molecule has 8 nitrogen and oxygen atoms in total. The van der Waals surface area contributed by atoms with Crippen LogP contribution in [0, 0.1) is 18.8 Å². The van der Waals surface area contributed by atoms with E-state index in [1.165, 1.54) is 0 Å². The van der Waals surface area contributed by atoms with E-state index in [1.54, 1.807) is 19.1 Å². The first-order valence-electron chi connectivity index (χ1n) is 10.3. The van der Waals surface area contributed by atoms with Crippen molar-refractivity contribution in [3.63, 3.8) is 0 Å². The number of carboxylic acids is 1. The highest BCUT2D eigenvalue weighted by Gasteiger charge is 2.26. The van der Waals surface area contributed by atoms with E-state index in [1.807, 2.05) is 0 Å². The molecule has 29 heavy (non-hydrogen) atoms. The van der Waals surface area contributed by atoms with Crippen molar-refractivity contribution in [2.24, 2.45) is 11.8 Å². The quantitative estimate of drug-likeness (QED) is 0.709. The van der Waals surface area contributed by atoms with E-state index in [9.17, 15) is 4.79 Å². The maximum absolute atomic E-state index is 11.1. The molecular weight excluding hydrogens is 372 g/mol. The smallest absolute Gasteiger partial charge is 0.337 e. The average Bonchev–Trinajstić information content (AvgIpc) is 3.18. The Morgan fingerprint density at radius 1 is 1.28 bits per heavy atom. The molecule has 0 unspecified atom stereocenters. The van der Waals surface area contributed by atoms with Crippen molar-refractivity contribution < 1.29 is 19.2 Å². The van der Waals surface area contributed by atoms with Crippen LogP contribution < -0.4 is 9.64 Å². The highest BCUT2D eigenvalue weighted by Crippen LogP contribution is 2.29. The molecule has 2 aromatic heterocycles. The molecule has 1 saturated heterocycles. The second-order valence-electron chi connectivity index (χ2n) is 8.12. The van der Waals surface area contributed by atoms with Crippen molar-refractivity contribution >= 4 is 12.0 Å². The lowest BCUT2D eigenvalue weighted by Gasteiger charge is -2.33. The van der Waals surface area contributed by atoms with Gasteiger partial charge in [0.25, 0.3) is 0 Å². The molecule has 1 aliphatic heterocycles. The third-order valence-corrected chi connectivity index (χ3v) is 5.68. The number of aryl methyl sites for hydroxylation is 1. The first-order valence-corrected chi connectivity index (χ1v) is 10.3. The second-order valence-corrected chi connectivity index (χ2v) is 8.12. The summed E-state index contributed by atoms with van der Waals surface area (Å²) in [7, 11) is 0. The number of ether oxygens (including phenoxy) is 1. The van der Waals surface area contributed by atoms with Crippen molar-refractivity contribution in [3.8, 4) is 5.88 Å². The molecule has 0 bridgehead atoms. The predicted molar refractivity (Wildman–Crippen MR) is 109 cm³/mol. The monoisotopic (exact) mass is 402 g/mol. The topological polar surface area (TPSA) is 102 Å². The van der Waals surface area contributed by atoms with Crippen molar-refractivity contribution in [1.82, 2.24) is 15.1 Å². The largest absolute Gasteiger partial charge is 0.478 e. The minimum absolute atomic E-state index is 0.208. The summed E-state index contributed by atoms with van der Waals surface area (Å²) in [5.74, 6) is 1.70. The lowest BCUT2D eigenvalue weighted by Crippen LogP contribution is -2.36. The summed E-state index contributed by atoms with van der Waals surface area (Å²) in [6, 6.07) is 3.80. The van der Waals surface area contributed by atoms with Gasteiger partial charge in [-0.1, -0.05) is 25.9 Å². The molecule has 0 radical (unpaired) electrons. The van der Waals surface area contributed by atoms with E-state index in [0.29, 0.717) is 36.0 Å². The maximum atomic E-state index is 11.1. The Morgan fingerprint density at radius 2 is 2.00 bits per heavy atom. The summed E-state index contributed by atoms with van der Waals surface area (Å²) in [4.78, 5) is 22.0. The third kappa shape index (κ3) is 5.25. The number of pyridine rings is 1. The van der Waals surface area contributed by atoms with Crippen LogP contribution in [0.2, 0.25) is 0 Å². The number of carbonyl (C=O) groups is 1. The van der Waals surface area contributed by atoms with Gasteiger partial charge in [-0.05, 0) is 44.1 Å². The van der Waals surface area contributed by atoms with E-state index in [4.69, 9.17) is 14.4 Å². The minimum Gasteiger partial charge on any atom is -0.478 e. The Hall–Kier alpha value is -2.64. The Morgan fingerprint density at radius 3 is 2.59 bits per heavy atom. The summed E-state index contributed by atoms with van der Waals surface area (Å²) >= 11 is 0. The van der Waals surface area contributed by atoms with E-state index in [0.717, 1.165) is 38.2 Å². The highest BCUT2D eigenvalue weighted by molar-refractivity contribution is 5.88. The van der Waals surface area contributed by atoms with Crippen molar-refractivity contribution in [2.45, 2.75) is 52.9 Å². The molecule has 0 saturated carbocycles. The van der Waals surface area contributed by atoms with Gasteiger partial charge < -0.3 is 19.3 Å². The van der Waals surface area contributed by atoms with Gasteiger partial charge in [-0.2, -0.15) is 4.98 Å². The lowest BCUT2D eigenvalue weighted by atomic mass is 9.84. The molecule has 0 aromatic carbocycles. The van der Waals surface area contributed by atoms with Crippen LogP contribution in [0.1, 0.15) is 67.8 Å². The van der Waals surface area contributed by atoms with E-state index >= 15 is 0 Å². The minimum atomic E-state index is -0.970. The summed E-state index contributed by atoms with van der Waals surface area (Å²) < 4.78 is 11.2. The van der Waals surface area contributed by atoms with Gasteiger partial charge >= 0.3 is 12.0 Å². The standard InChI is InChI=1S/C21H30N4O4/c1-13(2)19-23-21(29-24-19)25-10-7-16(8-11-25)14(3)9-12-28-18-6-5-17(20(26)27)15(4)22-18/h5-6,13-14,16H,7-12H2,1-4H3,(H,26,27)/t14-/m1/s1. The molecule has 3 rings (SSSR count). The first kappa shape index (κ1) is 21.1. The average molecular weight is 402 g/mol. The van der Waals surface area contributed by atoms with Crippen LogP contribution in [0.25, 0.3) is 0 Å². The Bertz CT molecular complexity index is 828. The second kappa shape index (κ2) is 9.24. The number of anilines is 1. The molecule has 1 fully saturated rings. The molecule has 8 heteroatoms. The van der Waals surface area contributed by atoms with Crippen LogP contribution in [-0.4, -0.2) is 45.9 Å². The van der Waals surface area contributed by atoms with Crippen molar-refractivity contribution in [1.29, 1.82) is 0 Å². The lowest BCUT2D eigenvalue weighted by molar-refractivity contribution is 0.0695. The fourth-order valence-corrected chi connectivity index (χ4v) is 3.68. The van der Waals surface area contributed by atoms with E-state index in [-0.39, 0.29) is 11.5 Å². The van der Waals surface area contributed by atoms with Crippen molar-refractivity contribution in [2.75, 3.05) is 24.6 Å². The van der Waals surface area contributed by atoms with Gasteiger partial charge in [-0.25, -0.2) is 9.78 Å². The van der Waals surface area contributed by atoms with Crippen LogP contribution in [-0.2, 0) is 0 Å². The Kier molecular flexibility index (Phi) is 6.71. The zero-order valence-electron chi connectivity index (χ0n) is 17.6. The zero-order chi connectivity index (χ0) is 21.0. The Balaban J connectivity index is 1.43. The fourth-order valence-electron chi connectivity index (χ4n) is 3.68. The number of piperidine rings is 1. The van der Waals surface area contributed by atoms with Gasteiger partial charge in [0, 0.05) is 25.1 Å². The van der Waals surface area contributed by atoms with Crippen LogP contribution >= 0.6 is 0 Å². The van der Waals surface area contributed by atoms with Gasteiger partial charge in [-0.15, -0.1) is 0 Å². The molecule has 158 valence electrons. The normalized spacial score (nSPS) is 16.2. The number of aromatic nitrogens is 3. The van der Waals surface area contributed by atoms with Gasteiger partial charge in [-0.3, -0.25) is 0 Å². The van der Waals surface area contributed by atoms with Crippen LogP contribution in [0.15, 0.2) is 16.7 Å². The predicted octanol–water partition coefficient (Wildman–Crippen LogP) is 3.92. The van der Waals surface area contributed by atoms with E-state index < -0.39 is 5.97 Å². The fraction of sp³-hybridized carbons (Fsp3) is 0.619. The van der Waals surface area contributed by atoms with Crippen LogP contribution in [0.5, 0.6) is 5.88 Å². The highest BCUT2D eigenvalue weighted by atomic mass is 16.5. The molecule has 1 atom stereocenters. The van der Waals surface area contributed by atoms with Gasteiger partial charge in [0.2, 0.25) is 5.88 Å². The molecule has 3 heterocycles. The zero-order valence-corrected chi connectivity index (χ0v) is 17.6. The van der Waals surface area contributed by atoms with Crippen LogP contribution in [0.3, 0.4) is 0 Å². The summed E-state index contributed by atoms with van der Waals surface area (Å²) in [5.41, 5.74) is 0.677. The molecule has 2 aromatic rings. The summed E-state index contributed by atoms with van der Waals surface area (Å²) in [6.07, 6.45) is 3.11.